The van der Waals surface area contributed by atoms with Crippen molar-refractivity contribution >= 4 is 10.8 Å². The minimum absolute atomic E-state index is 0.0645. The van der Waals surface area contributed by atoms with E-state index in [0.29, 0.717) is 0 Å². The zero-order valence-electron chi connectivity index (χ0n) is 19.1. The Morgan fingerprint density at radius 3 is 1.03 bits per heavy atom. The molecule has 0 heterocycles. The van der Waals surface area contributed by atoms with E-state index in [2.05, 4.69) is 126 Å². The zero-order chi connectivity index (χ0) is 21.5. The van der Waals surface area contributed by atoms with Crippen molar-refractivity contribution in [3.05, 3.63) is 96.1 Å². The average molecular weight is 393 g/mol. The Morgan fingerprint density at radius 1 is 0.400 bits per heavy atom. The number of benzene rings is 4. The second-order valence-corrected chi connectivity index (χ2v) is 10.3. The van der Waals surface area contributed by atoms with Gasteiger partial charge in [0.05, 0.1) is 0 Å². The molecule has 4 rings (SSSR count). The summed E-state index contributed by atoms with van der Waals surface area (Å²) in [4.78, 5) is 0. The minimum atomic E-state index is 0.0645. The Bertz CT molecular complexity index is 1070. The SMILES string of the molecule is CC(C)(C)c1ccc2c(-c3ccccc3)c(C(C)(C)C)ccc2c1-c1ccccc1. The van der Waals surface area contributed by atoms with E-state index in [1.807, 2.05) is 0 Å². The summed E-state index contributed by atoms with van der Waals surface area (Å²) in [6.45, 7) is 13.8. The molecule has 0 aliphatic heterocycles. The van der Waals surface area contributed by atoms with Crippen LogP contribution in [-0.2, 0) is 10.8 Å². The monoisotopic (exact) mass is 392 g/mol. The van der Waals surface area contributed by atoms with Crippen LogP contribution < -0.4 is 0 Å². The van der Waals surface area contributed by atoms with Gasteiger partial charge in [-0.1, -0.05) is 126 Å². The van der Waals surface area contributed by atoms with Crippen molar-refractivity contribution in [2.24, 2.45) is 0 Å². The van der Waals surface area contributed by atoms with Crippen LogP contribution >= 0.6 is 0 Å². The van der Waals surface area contributed by atoms with E-state index in [4.69, 9.17) is 0 Å². The quantitative estimate of drug-likeness (QED) is 0.320. The van der Waals surface area contributed by atoms with Gasteiger partial charge < -0.3 is 0 Å². The predicted octanol–water partition coefficient (Wildman–Crippen LogP) is 8.77. The Hall–Kier alpha value is -2.86. The van der Waals surface area contributed by atoms with Crippen LogP contribution in [0.5, 0.6) is 0 Å². The van der Waals surface area contributed by atoms with Gasteiger partial charge in [0, 0.05) is 0 Å². The van der Waals surface area contributed by atoms with Crippen molar-refractivity contribution in [3.8, 4) is 22.3 Å². The van der Waals surface area contributed by atoms with Crippen molar-refractivity contribution in [3.63, 3.8) is 0 Å². The third kappa shape index (κ3) is 3.67. The molecule has 0 aromatic heterocycles. The van der Waals surface area contributed by atoms with Crippen LogP contribution in [0.3, 0.4) is 0 Å². The maximum Gasteiger partial charge on any atom is -0.00677 e. The van der Waals surface area contributed by atoms with Gasteiger partial charge in [-0.3, -0.25) is 0 Å². The van der Waals surface area contributed by atoms with Gasteiger partial charge in [0.1, 0.15) is 0 Å². The van der Waals surface area contributed by atoms with Crippen LogP contribution in [0, 0.1) is 0 Å². The molecule has 30 heavy (non-hydrogen) atoms. The van der Waals surface area contributed by atoms with Crippen LogP contribution in [0.2, 0.25) is 0 Å². The predicted molar refractivity (Wildman–Crippen MR) is 132 cm³/mol. The highest BCUT2D eigenvalue weighted by Gasteiger charge is 2.25. The highest BCUT2D eigenvalue weighted by molar-refractivity contribution is 6.07. The first-order valence-corrected chi connectivity index (χ1v) is 10.9. The lowest BCUT2D eigenvalue weighted by atomic mass is 9.76. The van der Waals surface area contributed by atoms with Gasteiger partial charge in [0.2, 0.25) is 0 Å². The van der Waals surface area contributed by atoms with Crippen LogP contribution in [0.15, 0.2) is 84.9 Å². The van der Waals surface area contributed by atoms with E-state index in [-0.39, 0.29) is 10.8 Å². The molecule has 0 aliphatic rings. The summed E-state index contributed by atoms with van der Waals surface area (Å²) in [5, 5.41) is 2.67. The van der Waals surface area contributed by atoms with Gasteiger partial charge in [-0.2, -0.15) is 0 Å². The fourth-order valence-electron chi connectivity index (χ4n) is 4.49. The van der Waals surface area contributed by atoms with Gasteiger partial charge >= 0.3 is 0 Å². The summed E-state index contributed by atoms with van der Waals surface area (Å²) in [5.41, 5.74) is 8.21. The van der Waals surface area contributed by atoms with Crippen LogP contribution in [0.25, 0.3) is 33.0 Å². The number of rotatable bonds is 2. The fourth-order valence-corrected chi connectivity index (χ4v) is 4.49. The summed E-state index contributed by atoms with van der Waals surface area (Å²) in [6.07, 6.45) is 0. The molecule has 152 valence electrons. The maximum atomic E-state index is 2.35. The first kappa shape index (κ1) is 20.4. The second kappa shape index (κ2) is 7.43. The van der Waals surface area contributed by atoms with E-state index in [1.54, 1.807) is 0 Å². The Morgan fingerprint density at radius 2 is 0.733 bits per heavy atom. The van der Waals surface area contributed by atoms with Crippen LogP contribution in [0.1, 0.15) is 52.7 Å². The van der Waals surface area contributed by atoms with Gasteiger partial charge in [0.15, 0.2) is 0 Å². The summed E-state index contributed by atoms with van der Waals surface area (Å²) in [6, 6.07) is 31.1. The largest absolute Gasteiger partial charge is 0.0622 e. The van der Waals surface area contributed by atoms with E-state index in [9.17, 15) is 0 Å². The van der Waals surface area contributed by atoms with Crippen molar-refractivity contribution in [1.29, 1.82) is 0 Å². The molecule has 0 N–H and O–H groups in total. The molecule has 0 saturated carbocycles. The molecule has 0 nitrogen and oxygen atoms in total. The highest BCUT2D eigenvalue weighted by atomic mass is 14.3. The molecular formula is C30H32. The van der Waals surface area contributed by atoms with Crippen LogP contribution in [0.4, 0.5) is 0 Å². The third-order valence-electron chi connectivity index (χ3n) is 5.94. The Kier molecular flexibility index (Phi) is 5.06. The molecule has 0 unspecified atom stereocenters. The van der Waals surface area contributed by atoms with E-state index in [0.717, 1.165) is 0 Å². The van der Waals surface area contributed by atoms with Gasteiger partial charge in [-0.15, -0.1) is 0 Å². The van der Waals surface area contributed by atoms with Crippen molar-refractivity contribution in [2.75, 3.05) is 0 Å². The second-order valence-electron chi connectivity index (χ2n) is 10.3. The minimum Gasteiger partial charge on any atom is -0.0622 e. The Labute approximate surface area is 181 Å². The van der Waals surface area contributed by atoms with E-state index in [1.165, 1.54) is 44.2 Å². The average Bonchev–Trinajstić information content (AvgIpc) is 2.72. The Balaban J connectivity index is 2.17. The molecule has 0 aliphatic carbocycles. The highest BCUT2D eigenvalue weighted by Crippen LogP contribution is 2.44. The third-order valence-corrected chi connectivity index (χ3v) is 5.94. The maximum absolute atomic E-state index is 2.35. The lowest BCUT2D eigenvalue weighted by molar-refractivity contribution is 0.591. The molecule has 0 fully saturated rings. The molecule has 0 radical (unpaired) electrons. The molecule has 0 bridgehead atoms. The number of fused-ring (bicyclic) bond motifs is 1. The number of hydrogen-bond donors (Lipinski definition) is 0. The van der Waals surface area contributed by atoms with E-state index >= 15 is 0 Å². The van der Waals surface area contributed by atoms with Crippen molar-refractivity contribution in [2.45, 2.75) is 52.4 Å². The summed E-state index contributed by atoms with van der Waals surface area (Å²) in [7, 11) is 0. The van der Waals surface area contributed by atoms with Crippen molar-refractivity contribution in [1.82, 2.24) is 0 Å². The fraction of sp³-hybridized carbons (Fsp3) is 0.267. The molecule has 0 amide bonds. The summed E-state index contributed by atoms with van der Waals surface area (Å²) < 4.78 is 0. The normalized spacial score (nSPS) is 12.3. The number of hydrogen-bond acceptors (Lipinski definition) is 0. The molecule has 0 heteroatoms. The van der Waals surface area contributed by atoms with Gasteiger partial charge in [-0.05, 0) is 55.0 Å². The molecular weight excluding hydrogens is 360 g/mol. The standard InChI is InChI=1S/C30H32/c1-29(2,3)25-19-17-24-23(27(25)21-13-9-7-10-14-21)18-20-26(30(4,5)6)28(24)22-15-11-8-12-16-22/h7-20H,1-6H3. The van der Waals surface area contributed by atoms with Gasteiger partial charge in [-0.25, -0.2) is 0 Å². The zero-order valence-corrected chi connectivity index (χ0v) is 19.1. The lowest BCUT2D eigenvalue weighted by Crippen LogP contribution is -2.15. The first-order chi connectivity index (χ1) is 14.2. The molecule has 0 atom stereocenters. The summed E-state index contributed by atoms with van der Waals surface area (Å²) in [5.74, 6) is 0. The van der Waals surface area contributed by atoms with Crippen molar-refractivity contribution < 1.29 is 0 Å². The first-order valence-electron chi connectivity index (χ1n) is 10.9. The summed E-state index contributed by atoms with van der Waals surface area (Å²) >= 11 is 0. The smallest absolute Gasteiger partial charge is 0.00677 e. The molecule has 0 saturated heterocycles. The van der Waals surface area contributed by atoms with Crippen LogP contribution in [-0.4, -0.2) is 0 Å². The molecule has 4 aromatic carbocycles. The van der Waals surface area contributed by atoms with E-state index < -0.39 is 0 Å². The molecule has 0 spiro atoms. The van der Waals surface area contributed by atoms with Gasteiger partial charge in [0.25, 0.3) is 0 Å². The lowest BCUT2D eigenvalue weighted by Gasteiger charge is -2.28. The molecule has 4 aromatic rings. The topological polar surface area (TPSA) is 0 Å².